The lowest BCUT2D eigenvalue weighted by atomic mass is 9.97. The summed E-state index contributed by atoms with van der Waals surface area (Å²) in [6.07, 6.45) is -1.36. The van der Waals surface area contributed by atoms with Gasteiger partial charge in [0.05, 0.1) is 18.3 Å². The molecule has 2 N–H and O–H groups in total. The number of benzene rings is 1. The second kappa shape index (κ2) is 7.06. The van der Waals surface area contributed by atoms with E-state index in [1.807, 2.05) is 0 Å². The van der Waals surface area contributed by atoms with Gasteiger partial charge in [0.2, 0.25) is 0 Å². The molecular weight excluding hydrogens is 292 g/mol. The molecule has 0 bridgehead atoms. The van der Waals surface area contributed by atoms with Crippen LogP contribution in [0, 0.1) is 0 Å². The molecule has 0 amide bonds. The van der Waals surface area contributed by atoms with Crippen LogP contribution in [0.4, 0.5) is 0 Å². The summed E-state index contributed by atoms with van der Waals surface area (Å²) in [5.41, 5.74) is 1.02. The number of fused-ring (bicyclic) bond motifs is 1. The fourth-order valence-electron chi connectivity index (χ4n) is 2.16. The van der Waals surface area contributed by atoms with Gasteiger partial charge in [0.25, 0.3) is 0 Å². The molecule has 0 fully saturated rings. The van der Waals surface area contributed by atoms with Gasteiger partial charge in [-0.15, -0.1) is 0 Å². The highest BCUT2D eigenvalue weighted by Gasteiger charge is 2.23. The Morgan fingerprint density at radius 3 is 2.90 bits per heavy atom. The van der Waals surface area contributed by atoms with Crippen molar-refractivity contribution in [3.63, 3.8) is 0 Å². The minimum absolute atomic E-state index is 0.0163. The van der Waals surface area contributed by atoms with Gasteiger partial charge >= 0.3 is 0 Å². The van der Waals surface area contributed by atoms with E-state index in [2.05, 4.69) is 0 Å². The number of hydrogen-bond acceptors (Lipinski definition) is 6. The zero-order valence-electron chi connectivity index (χ0n) is 11.7. The van der Waals surface area contributed by atoms with Gasteiger partial charge in [-0.05, 0) is 24.1 Å². The van der Waals surface area contributed by atoms with Crippen molar-refractivity contribution in [2.24, 2.45) is 0 Å². The standard InChI is InChI=1S/C15H18O5S/c1-9(16)21-7-5-13(18)15(19)10-2-3-11-12(17)4-6-20-14(11)8-10/h2-3,8,13,15,18-19H,4-7H2,1H3. The van der Waals surface area contributed by atoms with E-state index in [4.69, 9.17) is 4.74 Å². The summed E-state index contributed by atoms with van der Waals surface area (Å²) in [5, 5.41) is 20.1. The highest BCUT2D eigenvalue weighted by atomic mass is 32.2. The maximum atomic E-state index is 11.7. The molecule has 1 aliphatic rings. The third-order valence-corrected chi connectivity index (χ3v) is 4.16. The van der Waals surface area contributed by atoms with Crippen LogP contribution in [0.15, 0.2) is 18.2 Å². The summed E-state index contributed by atoms with van der Waals surface area (Å²) in [7, 11) is 0. The molecule has 6 heteroatoms. The second-order valence-electron chi connectivity index (χ2n) is 4.92. The number of hydrogen-bond donors (Lipinski definition) is 2. The first-order valence-corrected chi connectivity index (χ1v) is 7.77. The molecule has 0 saturated carbocycles. The number of rotatable bonds is 5. The van der Waals surface area contributed by atoms with Gasteiger partial charge in [0.15, 0.2) is 10.9 Å². The Hall–Kier alpha value is -1.37. The molecule has 2 unspecified atom stereocenters. The normalized spacial score (nSPS) is 16.8. The first-order chi connectivity index (χ1) is 9.99. The Morgan fingerprint density at radius 2 is 2.19 bits per heavy atom. The van der Waals surface area contributed by atoms with Crippen molar-refractivity contribution in [1.82, 2.24) is 0 Å². The quantitative estimate of drug-likeness (QED) is 0.861. The van der Waals surface area contributed by atoms with Crippen LogP contribution in [-0.2, 0) is 4.79 Å². The van der Waals surface area contributed by atoms with E-state index < -0.39 is 12.2 Å². The molecule has 1 aromatic carbocycles. The Morgan fingerprint density at radius 1 is 1.43 bits per heavy atom. The minimum Gasteiger partial charge on any atom is -0.492 e. The maximum absolute atomic E-state index is 11.7. The number of aliphatic hydroxyl groups is 2. The number of ketones is 1. The van der Waals surface area contributed by atoms with Gasteiger partial charge in [-0.2, -0.15) is 0 Å². The van der Waals surface area contributed by atoms with Crippen LogP contribution in [0.2, 0.25) is 0 Å². The lowest BCUT2D eigenvalue weighted by Crippen LogP contribution is -2.20. The molecule has 0 saturated heterocycles. The topological polar surface area (TPSA) is 83.8 Å². The molecule has 1 heterocycles. The number of aliphatic hydroxyl groups excluding tert-OH is 2. The zero-order valence-corrected chi connectivity index (χ0v) is 12.6. The van der Waals surface area contributed by atoms with Crippen LogP contribution in [0.3, 0.4) is 0 Å². The zero-order chi connectivity index (χ0) is 15.4. The van der Waals surface area contributed by atoms with E-state index in [1.54, 1.807) is 18.2 Å². The van der Waals surface area contributed by atoms with Gasteiger partial charge in [-0.25, -0.2) is 0 Å². The maximum Gasteiger partial charge on any atom is 0.185 e. The summed E-state index contributed by atoms with van der Waals surface area (Å²) >= 11 is 1.12. The second-order valence-corrected chi connectivity index (χ2v) is 6.19. The monoisotopic (exact) mass is 310 g/mol. The van der Waals surface area contributed by atoms with Crippen LogP contribution < -0.4 is 4.74 Å². The Labute approximate surface area is 127 Å². The average molecular weight is 310 g/mol. The molecule has 1 aliphatic heterocycles. The third-order valence-electron chi connectivity index (χ3n) is 3.32. The number of Topliss-reactive ketones (excluding diaryl/α,β-unsaturated/α-hetero) is 1. The van der Waals surface area contributed by atoms with Crippen molar-refractivity contribution >= 4 is 22.7 Å². The van der Waals surface area contributed by atoms with E-state index in [1.165, 1.54) is 6.92 Å². The third kappa shape index (κ3) is 4.06. The molecule has 0 radical (unpaired) electrons. The Balaban J connectivity index is 2.03. The molecule has 5 nitrogen and oxygen atoms in total. The first kappa shape index (κ1) is 16.0. The molecular formula is C15H18O5S. The van der Waals surface area contributed by atoms with Crippen LogP contribution in [-0.4, -0.2) is 39.6 Å². The summed E-state index contributed by atoms with van der Waals surface area (Å²) in [5.74, 6) is 0.928. The summed E-state index contributed by atoms with van der Waals surface area (Å²) in [4.78, 5) is 22.5. The first-order valence-electron chi connectivity index (χ1n) is 6.78. The molecule has 0 spiro atoms. The lowest BCUT2D eigenvalue weighted by molar-refractivity contribution is -0.109. The Kier molecular flexibility index (Phi) is 5.39. The summed E-state index contributed by atoms with van der Waals surface area (Å²) < 4.78 is 5.41. The number of carbonyl (C=O) groups is 2. The van der Waals surface area contributed by atoms with Crippen molar-refractivity contribution in [3.8, 4) is 5.75 Å². The molecule has 21 heavy (non-hydrogen) atoms. The SMILES string of the molecule is CC(=O)SCCC(O)C(O)c1ccc2c(c1)OCCC2=O. The van der Waals surface area contributed by atoms with Gasteiger partial charge in [-0.1, -0.05) is 17.8 Å². The van der Waals surface area contributed by atoms with Gasteiger partial charge < -0.3 is 14.9 Å². The van der Waals surface area contributed by atoms with Crippen molar-refractivity contribution in [2.45, 2.75) is 32.0 Å². The highest BCUT2D eigenvalue weighted by Crippen LogP contribution is 2.30. The molecule has 2 atom stereocenters. The lowest BCUT2D eigenvalue weighted by Gasteiger charge is -2.21. The summed E-state index contributed by atoms with van der Waals surface area (Å²) in [6, 6.07) is 4.84. The van der Waals surface area contributed by atoms with Gasteiger partial charge in [-0.3, -0.25) is 9.59 Å². The fourth-order valence-corrected chi connectivity index (χ4v) is 2.81. The van der Waals surface area contributed by atoms with Crippen LogP contribution >= 0.6 is 11.8 Å². The molecule has 1 aromatic rings. The minimum atomic E-state index is -1.07. The van der Waals surface area contributed by atoms with Crippen molar-refractivity contribution < 1.29 is 24.5 Å². The van der Waals surface area contributed by atoms with E-state index in [9.17, 15) is 19.8 Å². The number of ether oxygens (including phenoxy) is 1. The number of carbonyl (C=O) groups excluding carboxylic acids is 2. The summed E-state index contributed by atoms with van der Waals surface area (Å²) in [6.45, 7) is 1.80. The van der Waals surface area contributed by atoms with Crippen LogP contribution in [0.1, 0.15) is 41.8 Å². The van der Waals surface area contributed by atoms with Crippen LogP contribution in [0.25, 0.3) is 0 Å². The molecule has 0 aliphatic carbocycles. The predicted octanol–water partition coefficient (Wildman–Crippen LogP) is 1.72. The van der Waals surface area contributed by atoms with Gasteiger partial charge in [0.1, 0.15) is 11.9 Å². The van der Waals surface area contributed by atoms with Crippen molar-refractivity contribution in [1.29, 1.82) is 0 Å². The average Bonchev–Trinajstić information content (AvgIpc) is 2.46. The predicted molar refractivity (Wildman–Crippen MR) is 79.6 cm³/mol. The van der Waals surface area contributed by atoms with E-state index in [0.717, 1.165) is 11.8 Å². The van der Waals surface area contributed by atoms with E-state index >= 15 is 0 Å². The number of thioether (sulfide) groups is 1. The van der Waals surface area contributed by atoms with E-state index in [-0.39, 0.29) is 10.9 Å². The molecule has 0 aromatic heterocycles. The largest absolute Gasteiger partial charge is 0.492 e. The van der Waals surface area contributed by atoms with Gasteiger partial charge in [0, 0.05) is 19.1 Å². The van der Waals surface area contributed by atoms with E-state index in [0.29, 0.717) is 42.1 Å². The fraction of sp³-hybridized carbons (Fsp3) is 0.467. The van der Waals surface area contributed by atoms with Crippen LogP contribution in [0.5, 0.6) is 5.75 Å². The Bertz CT molecular complexity index is 543. The molecule has 114 valence electrons. The smallest absolute Gasteiger partial charge is 0.185 e. The van der Waals surface area contributed by atoms with Crippen molar-refractivity contribution in [3.05, 3.63) is 29.3 Å². The van der Waals surface area contributed by atoms with Crippen molar-refractivity contribution in [2.75, 3.05) is 12.4 Å². The highest BCUT2D eigenvalue weighted by molar-refractivity contribution is 8.13. The molecule has 2 rings (SSSR count).